The number of hydrogen-bond donors (Lipinski definition) is 0. The zero-order valence-electron chi connectivity index (χ0n) is 6.91. The minimum atomic E-state index is 0.614. The number of rotatable bonds is 2. The Bertz CT molecular complexity index is 410. The molecule has 0 aliphatic rings. The van der Waals surface area contributed by atoms with Crippen molar-refractivity contribution < 1.29 is 4.74 Å². The van der Waals surface area contributed by atoms with Crippen LogP contribution in [0.5, 0.6) is 11.6 Å². The summed E-state index contributed by atoms with van der Waals surface area (Å²) in [4.78, 5) is 4.05. The molecule has 5 heteroatoms. The van der Waals surface area contributed by atoms with Gasteiger partial charge in [-0.25, -0.2) is 4.98 Å². The van der Waals surface area contributed by atoms with Crippen LogP contribution in [-0.4, -0.2) is 4.98 Å². The van der Waals surface area contributed by atoms with Crippen LogP contribution in [0.1, 0.15) is 0 Å². The minimum Gasteiger partial charge on any atom is -0.436 e. The van der Waals surface area contributed by atoms with Crippen LogP contribution in [0, 0.1) is 0 Å². The van der Waals surface area contributed by atoms with Crippen LogP contribution in [0.2, 0.25) is 0 Å². The average Bonchev–Trinajstić information content (AvgIpc) is 2.64. The molecule has 0 bridgehead atoms. The highest BCUT2D eigenvalue weighted by molar-refractivity contribution is 9.11. The molecule has 2 rings (SSSR count). The van der Waals surface area contributed by atoms with Gasteiger partial charge in [0.15, 0.2) is 5.75 Å². The topological polar surface area (TPSA) is 22.1 Å². The Morgan fingerprint density at radius 1 is 1.21 bits per heavy atom. The highest BCUT2D eigenvalue weighted by Crippen LogP contribution is 2.36. The standard InChI is InChI=1S/C9H5Br2NOS/c10-6-2-1-3-7(11)9(6)13-8-4-14-5-12-8/h1-5H. The van der Waals surface area contributed by atoms with Crippen molar-refractivity contribution in [2.24, 2.45) is 0 Å². The number of para-hydroxylation sites is 1. The van der Waals surface area contributed by atoms with Crippen molar-refractivity contribution in [3.05, 3.63) is 38.0 Å². The Balaban J connectivity index is 2.33. The molecule has 0 atom stereocenters. The Morgan fingerprint density at radius 3 is 2.50 bits per heavy atom. The largest absolute Gasteiger partial charge is 0.436 e. The van der Waals surface area contributed by atoms with E-state index >= 15 is 0 Å². The highest BCUT2D eigenvalue weighted by Gasteiger charge is 2.07. The lowest BCUT2D eigenvalue weighted by atomic mass is 10.3. The fourth-order valence-electron chi connectivity index (χ4n) is 0.936. The van der Waals surface area contributed by atoms with Crippen molar-refractivity contribution in [1.29, 1.82) is 0 Å². The normalized spacial score (nSPS) is 10.1. The second kappa shape index (κ2) is 4.42. The number of thiazole rings is 1. The van der Waals surface area contributed by atoms with Gasteiger partial charge >= 0.3 is 0 Å². The molecule has 1 aromatic carbocycles. The fourth-order valence-corrected chi connectivity index (χ4v) is 2.55. The number of benzene rings is 1. The third kappa shape index (κ3) is 2.16. The average molecular weight is 335 g/mol. The molecule has 1 aromatic heterocycles. The van der Waals surface area contributed by atoms with Crippen LogP contribution in [-0.2, 0) is 0 Å². The molecule has 0 saturated heterocycles. The Morgan fingerprint density at radius 2 is 1.93 bits per heavy atom. The summed E-state index contributed by atoms with van der Waals surface area (Å²) in [6, 6.07) is 5.78. The Labute approximate surface area is 102 Å². The van der Waals surface area contributed by atoms with E-state index in [2.05, 4.69) is 36.8 Å². The van der Waals surface area contributed by atoms with E-state index in [0.29, 0.717) is 5.88 Å². The van der Waals surface area contributed by atoms with Crippen molar-refractivity contribution in [1.82, 2.24) is 4.98 Å². The maximum absolute atomic E-state index is 5.59. The van der Waals surface area contributed by atoms with E-state index in [9.17, 15) is 0 Å². The van der Waals surface area contributed by atoms with Crippen molar-refractivity contribution in [3.63, 3.8) is 0 Å². The first-order valence-corrected chi connectivity index (χ1v) is 6.30. The number of hydrogen-bond acceptors (Lipinski definition) is 3. The van der Waals surface area contributed by atoms with E-state index < -0.39 is 0 Å². The van der Waals surface area contributed by atoms with Crippen molar-refractivity contribution >= 4 is 43.2 Å². The predicted octanol–water partition coefficient (Wildman–Crippen LogP) is 4.46. The van der Waals surface area contributed by atoms with Crippen LogP contribution < -0.4 is 4.74 Å². The number of halogens is 2. The first kappa shape index (κ1) is 10.1. The third-order valence-corrected chi connectivity index (χ3v) is 3.35. The zero-order valence-corrected chi connectivity index (χ0v) is 10.9. The molecule has 72 valence electrons. The summed E-state index contributed by atoms with van der Waals surface area (Å²) >= 11 is 8.33. The molecule has 1 heterocycles. The first-order valence-electron chi connectivity index (χ1n) is 3.77. The number of aromatic nitrogens is 1. The maximum Gasteiger partial charge on any atom is 0.230 e. The summed E-state index contributed by atoms with van der Waals surface area (Å²) in [5.41, 5.74) is 1.74. The van der Waals surface area contributed by atoms with Gasteiger partial charge in [-0.3, -0.25) is 0 Å². The smallest absolute Gasteiger partial charge is 0.230 e. The van der Waals surface area contributed by atoms with Crippen molar-refractivity contribution in [2.75, 3.05) is 0 Å². The summed E-state index contributed by atoms with van der Waals surface area (Å²) in [5, 5.41) is 1.85. The van der Waals surface area contributed by atoms with Gasteiger partial charge < -0.3 is 4.74 Å². The highest BCUT2D eigenvalue weighted by atomic mass is 79.9. The van der Waals surface area contributed by atoms with Gasteiger partial charge in [0.05, 0.1) is 19.8 Å². The second-order valence-corrected chi connectivity index (χ2v) is 4.91. The molecule has 0 saturated carbocycles. The number of nitrogens with zero attached hydrogens (tertiary/aromatic N) is 1. The van der Waals surface area contributed by atoms with Crippen LogP contribution >= 0.6 is 43.2 Å². The Hall–Kier alpha value is -0.390. The molecule has 0 fully saturated rings. The molecule has 2 aromatic rings. The van der Waals surface area contributed by atoms with Gasteiger partial charge in [-0.15, -0.1) is 11.3 Å². The van der Waals surface area contributed by atoms with Gasteiger partial charge in [-0.1, -0.05) is 6.07 Å². The molecule has 0 spiro atoms. The van der Waals surface area contributed by atoms with Crippen LogP contribution in [0.4, 0.5) is 0 Å². The van der Waals surface area contributed by atoms with E-state index in [1.807, 2.05) is 23.6 Å². The lowest BCUT2D eigenvalue weighted by molar-refractivity contribution is 0.460. The van der Waals surface area contributed by atoms with E-state index in [-0.39, 0.29) is 0 Å². The van der Waals surface area contributed by atoms with Crippen molar-refractivity contribution in [3.8, 4) is 11.6 Å². The van der Waals surface area contributed by atoms with Gasteiger partial charge in [-0.05, 0) is 44.0 Å². The molecule has 2 nitrogen and oxygen atoms in total. The quantitative estimate of drug-likeness (QED) is 0.808. The fraction of sp³-hybridized carbons (Fsp3) is 0. The molecule has 0 unspecified atom stereocenters. The van der Waals surface area contributed by atoms with Crippen molar-refractivity contribution in [2.45, 2.75) is 0 Å². The van der Waals surface area contributed by atoms with Gasteiger partial charge in [0.1, 0.15) is 0 Å². The molecule has 0 aliphatic heterocycles. The molecular formula is C9H5Br2NOS. The van der Waals surface area contributed by atoms with E-state index in [1.54, 1.807) is 5.51 Å². The SMILES string of the molecule is Brc1cccc(Br)c1Oc1cscn1. The lowest BCUT2D eigenvalue weighted by Crippen LogP contribution is -1.86. The van der Waals surface area contributed by atoms with Gasteiger partial charge in [0.25, 0.3) is 0 Å². The lowest BCUT2D eigenvalue weighted by Gasteiger charge is -2.06. The monoisotopic (exact) mass is 333 g/mol. The summed E-state index contributed by atoms with van der Waals surface area (Å²) in [6.45, 7) is 0. The molecule has 0 amide bonds. The summed E-state index contributed by atoms with van der Waals surface area (Å²) in [5.74, 6) is 1.36. The maximum atomic E-state index is 5.59. The zero-order chi connectivity index (χ0) is 9.97. The van der Waals surface area contributed by atoms with E-state index in [1.165, 1.54) is 11.3 Å². The minimum absolute atomic E-state index is 0.614. The summed E-state index contributed by atoms with van der Waals surface area (Å²) in [7, 11) is 0. The predicted molar refractivity (Wildman–Crippen MR) is 64.0 cm³/mol. The van der Waals surface area contributed by atoms with Gasteiger partial charge in [0.2, 0.25) is 5.88 Å². The molecule has 14 heavy (non-hydrogen) atoms. The van der Waals surface area contributed by atoms with Gasteiger partial charge in [-0.2, -0.15) is 0 Å². The van der Waals surface area contributed by atoms with Crippen LogP contribution in [0.25, 0.3) is 0 Å². The third-order valence-electron chi connectivity index (χ3n) is 1.54. The summed E-state index contributed by atoms with van der Waals surface area (Å²) in [6.07, 6.45) is 0. The van der Waals surface area contributed by atoms with E-state index in [4.69, 9.17) is 4.74 Å². The second-order valence-electron chi connectivity index (χ2n) is 2.48. The molecule has 0 radical (unpaired) electrons. The van der Waals surface area contributed by atoms with E-state index in [0.717, 1.165) is 14.7 Å². The first-order chi connectivity index (χ1) is 6.77. The Kier molecular flexibility index (Phi) is 3.20. The number of ether oxygens (including phenoxy) is 1. The molecule has 0 N–H and O–H groups in total. The summed E-state index contributed by atoms with van der Waals surface area (Å²) < 4.78 is 7.39. The van der Waals surface area contributed by atoms with Crippen LogP contribution in [0.3, 0.4) is 0 Å². The van der Waals surface area contributed by atoms with Gasteiger partial charge in [0, 0.05) is 0 Å². The molecular weight excluding hydrogens is 330 g/mol. The molecule has 0 aliphatic carbocycles. The van der Waals surface area contributed by atoms with Crippen LogP contribution in [0.15, 0.2) is 38.0 Å².